The van der Waals surface area contributed by atoms with Crippen molar-refractivity contribution in [1.82, 2.24) is 0 Å². The Hall–Kier alpha value is -0.210. The van der Waals surface area contributed by atoms with Crippen molar-refractivity contribution >= 4 is 33.9 Å². The highest BCUT2D eigenvalue weighted by Gasteiger charge is 1.87. The van der Waals surface area contributed by atoms with Gasteiger partial charge >= 0.3 is 0 Å². The predicted molar refractivity (Wildman–Crippen MR) is 44.9 cm³/mol. The lowest BCUT2D eigenvalue weighted by molar-refractivity contribution is 1.24. The van der Waals surface area contributed by atoms with Gasteiger partial charge in [0.1, 0.15) is 0 Å². The monoisotopic (exact) mass is 209 g/mol. The van der Waals surface area contributed by atoms with E-state index in [1.54, 1.807) is 0 Å². The molecule has 0 aliphatic carbocycles. The van der Waals surface area contributed by atoms with Crippen LogP contribution in [0.15, 0.2) is 0 Å². The summed E-state index contributed by atoms with van der Waals surface area (Å²) in [4.78, 5) is 0. The van der Waals surface area contributed by atoms with E-state index < -0.39 is 0 Å². The molecule has 0 aromatic heterocycles. The molecule has 0 aromatic rings. The van der Waals surface area contributed by atoms with Gasteiger partial charge in [-0.3, -0.25) is 5.41 Å². The van der Waals surface area contributed by atoms with Crippen LogP contribution in [-0.4, -0.2) is 10.9 Å². The molecular weight excluding hydrogens is 202 g/mol. The first-order valence-corrected chi connectivity index (χ1v) is 3.09. The minimum absolute atomic E-state index is 0. The fraction of sp³-hybridized carbons (Fsp3) is 0.500. The Balaban J connectivity index is 0. The Labute approximate surface area is 68.9 Å². The molecular formula is C4H8BrN3S. The molecule has 0 amide bonds. The number of nitrogens with two attached hydrogens (primary N) is 1. The van der Waals surface area contributed by atoms with E-state index in [0.29, 0.717) is 12.2 Å². The van der Waals surface area contributed by atoms with Crippen LogP contribution in [0.2, 0.25) is 0 Å². The predicted octanol–water partition coefficient (Wildman–Crippen LogP) is 1.10. The van der Waals surface area contributed by atoms with Crippen molar-refractivity contribution in [2.45, 2.75) is 6.42 Å². The molecule has 0 aliphatic heterocycles. The highest BCUT2D eigenvalue weighted by Crippen LogP contribution is 1.98. The second kappa shape index (κ2) is 7.79. The van der Waals surface area contributed by atoms with Crippen LogP contribution in [0, 0.1) is 16.7 Å². The van der Waals surface area contributed by atoms with Crippen molar-refractivity contribution in [2.24, 2.45) is 5.73 Å². The SMILES string of the molecule is Br.N#CCCSC(=N)N. The Morgan fingerprint density at radius 3 is 2.67 bits per heavy atom. The fourth-order valence-electron chi connectivity index (χ4n) is 0.207. The third-order valence-corrected chi connectivity index (χ3v) is 1.19. The molecule has 0 fully saturated rings. The number of nitriles is 1. The number of hydrogen-bond acceptors (Lipinski definition) is 3. The molecule has 0 unspecified atom stereocenters. The van der Waals surface area contributed by atoms with Gasteiger partial charge in [0, 0.05) is 12.2 Å². The Morgan fingerprint density at radius 2 is 2.33 bits per heavy atom. The molecule has 0 aliphatic rings. The lowest BCUT2D eigenvalue weighted by Gasteiger charge is -1.89. The highest BCUT2D eigenvalue weighted by molar-refractivity contribution is 8.93. The average molecular weight is 210 g/mol. The van der Waals surface area contributed by atoms with Crippen molar-refractivity contribution in [3.63, 3.8) is 0 Å². The lowest BCUT2D eigenvalue weighted by atomic mass is 10.6. The molecule has 3 nitrogen and oxygen atoms in total. The molecule has 0 radical (unpaired) electrons. The van der Waals surface area contributed by atoms with E-state index in [4.69, 9.17) is 16.4 Å². The third kappa shape index (κ3) is 11.4. The van der Waals surface area contributed by atoms with E-state index in [2.05, 4.69) is 0 Å². The maximum Gasteiger partial charge on any atom is 0.151 e. The molecule has 0 aromatic carbocycles. The van der Waals surface area contributed by atoms with Crippen molar-refractivity contribution in [1.29, 1.82) is 10.7 Å². The summed E-state index contributed by atoms with van der Waals surface area (Å²) in [7, 11) is 0. The molecule has 52 valence electrons. The lowest BCUT2D eigenvalue weighted by Crippen LogP contribution is -2.03. The summed E-state index contributed by atoms with van der Waals surface area (Å²) in [6.07, 6.45) is 0.463. The molecule has 0 spiro atoms. The van der Waals surface area contributed by atoms with Crippen molar-refractivity contribution < 1.29 is 0 Å². The Kier molecular flexibility index (Phi) is 10.0. The highest BCUT2D eigenvalue weighted by atomic mass is 79.9. The molecule has 0 atom stereocenters. The van der Waals surface area contributed by atoms with Gasteiger partial charge in [-0.2, -0.15) is 5.26 Å². The average Bonchev–Trinajstić information content (AvgIpc) is 1.66. The first-order chi connectivity index (χ1) is 3.77. The van der Waals surface area contributed by atoms with E-state index >= 15 is 0 Å². The number of rotatable bonds is 2. The molecule has 9 heavy (non-hydrogen) atoms. The molecule has 0 saturated carbocycles. The van der Waals surface area contributed by atoms with Crippen LogP contribution in [0.5, 0.6) is 0 Å². The van der Waals surface area contributed by atoms with Crippen LogP contribution in [0.25, 0.3) is 0 Å². The van der Waals surface area contributed by atoms with E-state index in [0.717, 1.165) is 0 Å². The summed E-state index contributed by atoms with van der Waals surface area (Å²) in [6.45, 7) is 0. The quantitative estimate of drug-likeness (QED) is 0.407. The standard InChI is InChI=1S/C4H7N3S.BrH/c5-2-1-3-8-4(6)7;/h1,3H2,(H3,6,7);1H. The van der Waals surface area contributed by atoms with E-state index in [1.165, 1.54) is 11.8 Å². The second-order valence-electron chi connectivity index (χ2n) is 1.12. The van der Waals surface area contributed by atoms with Gasteiger partial charge < -0.3 is 5.73 Å². The van der Waals surface area contributed by atoms with Gasteiger partial charge in [-0.1, -0.05) is 11.8 Å². The molecule has 0 saturated heterocycles. The van der Waals surface area contributed by atoms with Crippen LogP contribution in [-0.2, 0) is 0 Å². The number of nitrogens with zero attached hydrogens (tertiary/aromatic N) is 1. The van der Waals surface area contributed by atoms with Crippen LogP contribution < -0.4 is 5.73 Å². The zero-order chi connectivity index (χ0) is 6.41. The smallest absolute Gasteiger partial charge is 0.151 e. The molecule has 5 heteroatoms. The maximum absolute atomic E-state index is 8.00. The first kappa shape index (κ1) is 11.6. The fourth-order valence-corrected chi connectivity index (χ4v) is 0.620. The Bertz CT molecular complexity index is 119. The van der Waals surface area contributed by atoms with Crippen molar-refractivity contribution in [3.05, 3.63) is 0 Å². The zero-order valence-electron chi connectivity index (χ0n) is 4.76. The number of nitrogens with one attached hydrogen (secondary N) is 1. The minimum atomic E-state index is 0. The number of hydrogen-bond donors (Lipinski definition) is 2. The van der Waals surface area contributed by atoms with E-state index in [-0.39, 0.29) is 22.1 Å². The van der Waals surface area contributed by atoms with Gasteiger partial charge in [0.15, 0.2) is 5.17 Å². The molecule has 3 N–H and O–H groups in total. The molecule has 0 rings (SSSR count). The third-order valence-electron chi connectivity index (χ3n) is 0.471. The van der Waals surface area contributed by atoms with Crippen molar-refractivity contribution in [2.75, 3.05) is 5.75 Å². The van der Waals surface area contributed by atoms with Crippen LogP contribution in [0.3, 0.4) is 0 Å². The summed E-state index contributed by atoms with van der Waals surface area (Å²) < 4.78 is 0. The molecule has 0 bridgehead atoms. The summed E-state index contributed by atoms with van der Waals surface area (Å²) in [5, 5.41) is 14.8. The summed E-state index contributed by atoms with van der Waals surface area (Å²) in [6, 6.07) is 1.95. The largest absolute Gasteiger partial charge is 0.379 e. The summed E-state index contributed by atoms with van der Waals surface area (Å²) in [5.41, 5.74) is 4.97. The maximum atomic E-state index is 8.00. The van der Waals surface area contributed by atoms with Gasteiger partial charge in [0.05, 0.1) is 6.07 Å². The van der Waals surface area contributed by atoms with Crippen LogP contribution in [0.4, 0.5) is 0 Å². The topological polar surface area (TPSA) is 73.7 Å². The minimum Gasteiger partial charge on any atom is -0.379 e. The number of amidine groups is 1. The zero-order valence-corrected chi connectivity index (χ0v) is 7.28. The Morgan fingerprint density at radius 1 is 1.78 bits per heavy atom. The van der Waals surface area contributed by atoms with Crippen molar-refractivity contribution in [3.8, 4) is 6.07 Å². The normalized spacial score (nSPS) is 7.00. The van der Waals surface area contributed by atoms with Gasteiger partial charge in [-0.25, -0.2) is 0 Å². The molecule has 0 heterocycles. The van der Waals surface area contributed by atoms with Gasteiger partial charge in [0.25, 0.3) is 0 Å². The first-order valence-electron chi connectivity index (χ1n) is 2.11. The number of thioether (sulfide) groups is 1. The second-order valence-corrected chi connectivity index (χ2v) is 2.26. The van der Waals surface area contributed by atoms with Gasteiger partial charge in [-0.15, -0.1) is 17.0 Å². The van der Waals surface area contributed by atoms with E-state index in [9.17, 15) is 0 Å². The van der Waals surface area contributed by atoms with Gasteiger partial charge in [0.2, 0.25) is 0 Å². The van der Waals surface area contributed by atoms with Crippen LogP contribution in [0.1, 0.15) is 6.42 Å². The number of halogens is 1. The van der Waals surface area contributed by atoms with E-state index in [1.807, 2.05) is 6.07 Å². The summed E-state index contributed by atoms with van der Waals surface area (Å²) in [5.74, 6) is 0.631. The summed E-state index contributed by atoms with van der Waals surface area (Å²) >= 11 is 1.19. The van der Waals surface area contributed by atoms with Gasteiger partial charge in [-0.05, 0) is 0 Å². The van der Waals surface area contributed by atoms with Crippen LogP contribution >= 0.6 is 28.7 Å².